The molecule has 1 N–H and O–H groups in total. The van der Waals surface area contributed by atoms with Crippen LogP contribution in [0, 0.1) is 0 Å². The summed E-state index contributed by atoms with van der Waals surface area (Å²) in [4.78, 5) is 13.8. The molecule has 0 amide bonds. The SMILES string of the molecule is COc1ccc(C(=O)CN(C)CC(C)(C)O)cc1Cl. The minimum atomic E-state index is -0.827. The van der Waals surface area contributed by atoms with Crippen LogP contribution in [0.2, 0.25) is 5.02 Å². The Bertz CT molecular complexity index is 454. The Balaban J connectivity index is 2.71. The molecule has 0 aliphatic carbocycles. The zero-order chi connectivity index (χ0) is 14.6. The summed E-state index contributed by atoms with van der Waals surface area (Å²) in [6.07, 6.45) is 0. The molecule has 1 rings (SSSR count). The van der Waals surface area contributed by atoms with Crippen molar-refractivity contribution in [3.63, 3.8) is 0 Å². The lowest BCUT2D eigenvalue weighted by atomic mass is 10.1. The summed E-state index contributed by atoms with van der Waals surface area (Å²) in [5.41, 5.74) is -0.291. The van der Waals surface area contributed by atoms with Gasteiger partial charge in [-0.2, -0.15) is 0 Å². The van der Waals surface area contributed by atoms with Crippen LogP contribution in [-0.2, 0) is 0 Å². The average molecular weight is 286 g/mol. The van der Waals surface area contributed by atoms with E-state index in [0.29, 0.717) is 22.9 Å². The lowest BCUT2D eigenvalue weighted by molar-refractivity contribution is 0.0439. The molecule has 0 saturated heterocycles. The first-order valence-electron chi connectivity index (χ1n) is 6.00. The maximum atomic E-state index is 12.1. The third-order valence-corrected chi connectivity index (χ3v) is 2.84. The molecule has 5 heteroatoms. The Morgan fingerprint density at radius 1 is 1.47 bits per heavy atom. The Hall–Kier alpha value is -1.10. The molecular weight excluding hydrogens is 266 g/mol. The number of nitrogens with zero attached hydrogens (tertiary/aromatic N) is 1. The Kier molecular flexibility index (Phi) is 5.35. The van der Waals surface area contributed by atoms with E-state index in [0.717, 1.165) is 0 Å². The first-order chi connectivity index (χ1) is 8.73. The van der Waals surface area contributed by atoms with Crippen LogP contribution in [0.1, 0.15) is 24.2 Å². The second-order valence-electron chi connectivity index (χ2n) is 5.26. The van der Waals surface area contributed by atoms with Crippen molar-refractivity contribution in [1.82, 2.24) is 4.90 Å². The number of hydrogen-bond donors (Lipinski definition) is 1. The van der Waals surface area contributed by atoms with Crippen LogP contribution in [0.3, 0.4) is 0 Å². The van der Waals surface area contributed by atoms with E-state index in [4.69, 9.17) is 16.3 Å². The van der Waals surface area contributed by atoms with Crippen molar-refractivity contribution in [1.29, 1.82) is 0 Å². The standard InChI is InChI=1S/C14H20ClNO3/c1-14(2,18)9-16(3)8-12(17)10-5-6-13(19-4)11(15)7-10/h5-7,18H,8-9H2,1-4H3. The van der Waals surface area contributed by atoms with Gasteiger partial charge in [-0.25, -0.2) is 0 Å². The molecule has 0 atom stereocenters. The zero-order valence-electron chi connectivity index (χ0n) is 11.7. The molecule has 0 unspecified atom stereocenters. The van der Waals surface area contributed by atoms with E-state index in [9.17, 15) is 9.90 Å². The van der Waals surface area contributed by atoms with Gasteiger partial charge < -0.3 is 9.84 Å². The van der Waals surface area contributed by atoms with Gasteiger partial charge >= 0.3 is 0 Å². The Morgan fingerprint density at radius 2 is 2.11 bits per heavy atom. The lowest BCUT2D eigenvalue weighted by Crippen LogP contribution is -2.38. The number of benzene rings is 1. The van der Waals surface area contributed by atoms with Crippen LogP contribution >= 0.6 is 11.6 Å². The Morgan fingerprint density at radius 3 is 2.58 bits per heavy atom. The van der Waals surface area contributed by atoms with E-state index >= 15 is 0 Å². The molecule has 0 fully saturated rings. The number of aliphatic hydroxyl groups is 1. The minimum Gasteiger partial charge on any atom is -0.495 e. The summed E-state index contributed by atoms with van der Waals surface area (Å²) < 4.78 is 5.04. The number of hydrogen-bond acceptors (Lipinski definition) is 4. The van der Waals surface area contributed by atoms with Crippen LogP contribution in [0.25, 0.3) is 0 Å². The highest BCUT2D eigenvalue weighted by atomic mass is 35.5. The fourth-order valence-electron chi connectivity index (χ4n) is 1.89. The highest BCUT2D eigenvalue weighted by molar-refractivity contribution is 6.32. The van der Waals surface area contributed by atoms with Gasteiger partial charge in [-0.15, -0.1) is 0 Å². The van der Waals surface area contributed by atoms with E-state index in [1.54, 1.807) is 44.0 Å². The lowest BCUT2D eigenvalue weighted by Gasteiger charge is -2.24. The molecule has 0 aromatic heterocycles. The minimum absolute atomic E-state index is 0.0451. The molecule has 0 saturated carbocycles. The number of carbonyl (C=O) groups is 1. The third kappa shape index (κ3) is 5.19. The molecular formula is C14H20ClNO3. The second kappa shape index (κ2) is 6.37. The number of halogens is 1. The molecule has 19 heavy (non-hydrogen) atoms. The molecule has 1 aromatic rings. The number of rotatable bonds is 6. The monoisotopic (exact) mass is 285 g/mol. The van der Waals surface area contributed by atoms with Gasteiger partial charge in [0.15, 0.2) is 5.78 Å². The molecule has 0 radical (unpaired) electrons. The molecule has 0 heterocycles. The summed E-state index contributed by atoms with van der Waals surface area (Å²) in [7, 11) is 3.32. The number of Topliss-reactive ketones (excluding diaryl/α,β-unsaturated/α-hetero) is 1. The van der Waals surface area contributed by atoms with Crippen LogP contribution in [-0.4, -0.2) is 48.6 Å². The van der Waals surface area contributed by atoms with Crippen molar-refractivity contribution >= 4 is 17.4 Å². The van der Waals surface area contributed by atoms with Gasteiger partial charge in [0.25, 0.3) is 0 Å². The van der Waals surface area contributed by atoms with Crippen molar-refractivity contribution < 1.29 is 14.6 Å². The van der Waals surface area contributed by atoms with E-state index in [1.165, 1.54) is 7.11 Å². The number of likely N-dealkylation sites (N-methyl/N-ethyl adjacent to an activating group) is 1. The third-order valence-electron chi connectivity index (χ3n) is 2.54. The first kappa shape index (κ1) is 16.0. The molecule has 0 aliphatic heterocycles. The maximum Gasteiger partial charge on any atom is 0.176 e. The second-order valence-corrected chi connectivity index (χ2v) is 5.66. The van der Waals surface area contributed by atoms with Crippen molar-refractivity contribution in [2.24, 2.45) is 0 Å². The van der Waals surface area contributed by atoms with Crippen molar-refractivity contribution in [3.8, 4) is 5.75 Å². The predicted molar refractivity (Wildman–Crippen MR) is 76.1 cm³/mol. The first-order valence-corrected chi connectivity index (χ1v) is 6.38. The van der Waals surface area contributed by atoms with Gasteiger partial charge in [0.2, 0.25) is 0 Å². The fraction of sp³-hybridized carbons (Fsp3) is 0.500. The van der Waals surface area contributed by atoms with Crippen molar-refractivity contribution in [2.75, 3.05) is 27.2 Å². The van der Waals surface area contributed by atoms with Crippen LogP contribution < -0.4 is 4.74 Å². The summed E-state index contributed by atoms with van der Waals surface area (Å²) in [5, 5.41) is 10.1. The van der Waals surface area contributed by atoms with Crippen molar-refractivity contribution in [3.05, 3.63) is 28.8 Å². The van der Waals surface area contributed by atoms with E-state index in [2.05, 4.69) is 0 Å². The quantitative estimate of drug-likeness (QED) is 0.815. The van der Waals surface area contributed by atoms with Gasteiger partial charge in [0.1, 0.15) is 5.75 Å². The molecule has 0 spiro atoms. The van der Waals surface area contributed by atoms with E-state index < -0.39 is 5.60 Å². The molecule has 4 nitrogen and oxygen atoms in total. The van der Waals surface area contributed by atoms with Crippen LogP contribution in [0.15, 0.2) is 18.2 Å². The summed E-state index contributed by atoms with van der Waals surface area (Å²) >= 11 is 5.99. The van der Waals surface area contributed by atoms with Gasteiger partial charge in [-0.1, -0.05) is 11.6 Å². The summed E-state index contributed by atoms with van der Waals surface area (Å²) in [6, 6.07) is 4.96. The maximum absolute atomic E-state index is 12.1. The zero-order valence-corrected chi connectivity index (χ0v) is 12.5. The van der Waals surface area contributed by atoms with E-state index in [-0.39, 0.29) is 12.3 Å². The van der Waals surface area contributed by atoms with Crippen molar-refractivity contribution in [2.45, 2.75) is 19.4 Å². The van der Waals surface area contributed by atoms with Gasteiger partial charge in [0, 0.05) is 12.1 Å². The number of ether oxygens (including phenoxy) is 1. The predicted octanol–water partition coefficient (Wildman–Crippen LogP) is 2.23. The average Bonchev–Trinajstić information content (AvgIpc) is 2.26. The highest BCUT2D eigenvalue weighted by Gasteiger charge is 2.18. The van der Waals surface area contributed by atoms with E-state index in [1.807, 2.05) is 0 Å². The topological polar surface area (TPSA) is 49.8 Å². The van der Waals surface area contributed by atoms with Gasteiger partial charge in [0.05, 0.1) is 24.3 Å². The largest absolute Gasteiger partial charge is 0.495 e. The van der Waals surface area contributed by atoms with Crippen LogP contribution in [0.4, 0.5) is 0 Å². The smallest absolute Gasteiger partial charge is 0.176 e. The molecule has 0 bridgehead atoms. The normalized spacial score (nSPS) is 11.7. The van der Waals surface area contributed by atoms with Gasteiger partial charge in [-0.05, 0) is 39.1 Å². The molecule has 0 aliphatic rings. The fourth-order valence-corrected chi connectivity index (χ4v) is 2.15. The Labute approximate surface area is 118 Å². The highest BCUT2D eigenvalue weighted by Crippen LogP contribution is 2.25. The molecule has 106 valence electrons. The number of ketones is 1. The number of carbonyl (C=O) groups excluding carboxylic acids is 1. The number of methoxy groups -OCH3 is 1. The van der Waals surface area contributed by atoms with Gasteiger partial charge in [-0.3, -0.25) is 9.69 Å². The molecule has 1 aromatic carbocycles. The van der Waals surface area contributed by atoms with Crippen LogP contribution in [0.5, 0.6) is 5.75 Å². The summed E-state index contributed by atoms with van der Waals surface area (Å²) in [5.74, 6) is 0.499. The summed E-state index contributed by atoms with van der Waals surface area (Å²) in [6.45, 7) is 4.06.